The highest BCUT2D eigenvalue weighted by Crippen LogP contribution is 2.26. The van der Waals surface area contributed by atoms with Crippen LogP contribution in [0.1, 0.15) is 31.0 Å². The number of H-pyrrole nitrogens is 1. The minimum atomic E-state index is 0.693. The number of aromatic amines is 1. The lowest BCUT2D eigenvalue weighted by Gasteiger charge is -2.01. The van der Waals surface area contributed by atoms with Crippen molar-refractivity contribution >= 4 is 5.82 Å². The molecule has 0 amide bonds. The minimum Gasteiger partial charge on any atom is -0.366 e. The van der Waals surface area contributed by atoms with Crippen LogP contribution in [0.5, 0.6) is 0 Å². The largest absolute Gasteiger partial charge is 0.366 e. The Balaban J connectivity index is 2.16. The first-order valence-electron chi connectivity index (χ1n) is 4.61. The average Bonchev–Trinajstić information content (AvgIpc) is 2.78. The maximum atomic E-state index is 4.23. The van der Waals surface area contributed by atoms with Crippen molar-refractivity contribution < 1.29 is 0 Å². The van der Waals surface area contributed by atoms with Gasteiger partial charge in [0, 0.05) is 17.3 Å². The summed E-state index contributed by atoms with van der Waals surface area (Å²) in [5, 5.41) is 10.7. The molecule has 1 aromatic heterocycles. The summed E-state index contributed by atoms with van der Waals surface area (Å²) in [6, 6.07) is 0.693. The Morgan fingerprint density at radius 3 is 2.92 bits per heavy atom. The molecule has 3 heteroatoms. The highest BCUT2D eigenvalue weighted by Gasteiger charge is 2.23. The Morgan fingerprint density at radius 2 is 2.33 bits per heavy atom. The van der Waals surface area contributed by atoms with E-state index in [2.05, 4.69) is 29.4 Å². The third kappa shape index (κ3) is 1.31. The molecule has 0 radical (unpaired) electrons. The van der Waals surface area contributed by atoms with Crippen LogP contribution < -0.4 is 5.32 Å². The number of aromatic nitrogens is 2. The van der Waals surface area contributed by atoms with E-state index in [0.717, 1.165) is 12.2 Å². The van der Waals surface area contributed by atoms with Gasteiger partial charge in [0.05, 0.1) is 0 Å². The fourth-order valence-corrected chi connectivity index (χ4v) is 1.43. The number of hydrogen-bond acceptors (Lipinski definition) is 2. The quantitative estimate of drug-likeness (QED) is 0.717. The summed E-state index contributed by atoms with van der Waals surface area (Å²) in [7, 11) is 0. The van der Waals surface area contributed by atoms with Crippen LogP contribution in [0.4, 0.5) is 5.82 Å². The van der Waals surface area contributed by atoms with Crippen molar-refractivity contribution in [2.45, 2.75) is 39.2 Å². The number of nitrogens with zero attached hydrogens (tertiary/aromatic N) is 1. The lowest BCUT2D eigenvalue weighted by Crippen LogP contribution is -2.03. The second-order valence-corrected chi connectivity index (χ2v) is 3.45. The van der Waals surface area contributed by atoms with E-state index in [9.17, 15) is 0 Å². The van der Waals surface area contributed by atoms with Crippen LogP contribution in [0.2, 0.25) is 0 Å². The Morgan fingerprint density at radius 1 is 1.58 bits per heavy atom. The number of hydrogen-bond donors (Lipinski definition) is 2. The van der Waals surface area contributed by atoms with Gasteiger partial charge in [0.1, 0.15) is 0 Å². The first-order valence-corrected chi connectivity index (χ1v) is 4.61. The van der Waals surface area contributed by atoms with Crippen LogP contribution in [0.3, 0.4) is 0 Å². The zero-order chi connectivity index (χ0) is 8.55. The van der Waals surface area contributed by atoms with Gasteiger partial charge in [0.15, 0.2) is 5.82 Å². The second-order valence-electron chi connectivity index (χ2n) is 3.45. The van der Waals surface area contributed by atoms with Crippen molar-refractivity contribution in [2.75, 3.05) is 5.32 Å². The Labute approximate surface area is 72.6 Å². The number of aryl methyl sites for hydroxylation is 1. The predicted molar refractivity (Wildman–Crippen MR) is 49.3 cm³/mol. The third-order valence-corrected chi connectivity index (χ3v) is 2.35. The van der Waals surface area contributed by atoms with Gasteiger partial charge in [-0.2, -0.15) is 5.10 Å². The van der Waals surface area contributed by atoms with Crippen molar-refractivity contribution in [3.05, 3.63) is 11.3 Å². The van der Waals surface area contributed by atoms with Gasteiger partial charge < -0.3 is 5.32 Å². The van der Waals surface area contributed by atoms with Crippen molar-refractivity contribution in [1.29, 1.82) is 0 Å². The summed E-state index contributed by atoms with van der Waals surface area (Å²) < 4.78 is 0. The van der Waals surface area contributed by atoms with E-state index in [1.807, 2.05) is 0 Å². The molecule has 0 saturated heterocycles. The fraction of sp³-hybridized carbons (Fsp3) is 0.667. The van der Waals surface area contributed by atoms with Crippen LogP contribution >= 0.6 is 0 Å². The molecule has 2 N–H and O–H groups in total. The second kappa shape index (κ2) is 2.81. The van der Waals surface area contributed by atoms with Gasteiger partial charge in [-0.05, 0) is 26.2 Å². The lowest BCUT2D eigenvalue weighted by atomic mass is 10.2. The number of nitrogens with one attached hydrogen (secondary N) is 2. The Hall–Kier alpha value is -0.990. The zero-order valence-corrected chi connectivity index (χ0v) is 7.65. The third-order valence-electron chi connectivity index (χ3n) is 2.35. The van der Waals surface area contributed by atoms with Gasteiger partial charge in [-0.3, -0.25) is 5.10 Å². The molecular weight excluding hydrogens is 150 g/mol. The monoisotopic (exact) mass is 165 g/mol. The van der Waals surface area contributed by atoms with Gasteiger partial charge in [0.2, 0.25) is 0 Å². The predicted octanol–water partition coefficient (Wildman–Crippen LogP) is 1.85. The molecule has 1 aliphatic rings. The van der Waals surface area contributed by atoms with Crippen LogP contribution in [0, 0.1) is 6.92 Å². The fourth-order valence-electron chi connectivity index (χ4n) is 1.43. The van der Waals surface area contributed by atoms with E-state index < -0.39 is 0 Å². The van der Waals surface area contributed by atoms with Gasteiger partial charge in [0.25, 0.3) is 0 Å². The minimum absolute atomic E-state index is 0.693. The SMILES string of the molecule is CCc1c(NC2CC2)n[nH]c1C. The highest BCUT2D eigenvalue weighted by atomic mass is 15.2. The summed E-state index contributed by atoms with van der Waals surface area (Å²) in [4.78, 5) is 0. The average molecular weight is 165 g/mol. The van der Waals surface area contributed by atoms with Crippen molar-refractivity contribution in [3.8, 4) is 0 Å². The first-order chi connectivity index (χ1) is 5.81. The molecule has 1 heterocycles. The summed E-state index contributed by atoms with van der Waals surface area (Å²) in [5.41, 5.74) is 2.53. The molecule has 0 atom stereocenters. The standard InChI is InChI=1S/C9H15N3/c1-3-8-6(2)11-12-9(8)10-7-4-5-7/h7H,3-5H2,1-2H3,(H2,10,11,12). The molecular formula is C9H15N3. The Kier molecular flexibility index (Phi) is 1.79. The molecule has 66 valence electrons. The summed E-state index contributed by atoms with van der Waals surface area (Å²) in [5.74, 6) is 1.07. The molecule has 12 heavy (non-hydrogen) atoms. The molecule has 0 aliphatic heterocycles. The molecule has 1 fully saturated rings. The number of anilines is 1. The summed E-state index contributed by atoms with van der Waals surface area (Å²) in [6.45, 7) is 4.24. The van der Waals surface area contributed by atoms with E-state index >= 15 is 0 Å². The van der Waals surface area contributed by atoms with Crippen molar-refractivity contribution in [3.63, 3.8) is 0 Å². The summed E-state index contributed by atoms with van der Waals surface area (Å²) in [6.07, 6.45) is 3.65. The molecule has 1 saturated carbocycles. The highest BCUT2D eigenvalue weighted by molar-refractivity contribution is 5.47. The zero-order valence-electron chi connectivity index (χ0n) is 7.65. The first kappa shape index (κ1) is 7.65. The van der Waals surface area contributed by atoms with Gasteiger partial charge in [-0.25, -0.2) is 0 Å². The smallest absolute Gasteiger partial charge is 0.151 e. The van der Waals surface area contributed by atoms with Gasteiger partial charge in [-0.1, -0.05) is 6.92 Å². The maximum absolute atomic E-state index is 4.23. The molecule has 3 nitrogen and oxygen atoms in total. The van der Waals surface area contributed by atoms with Gasteiger partial charge in [-0.15, -0.1) is 0 Å². The van der Waals surface area contributed by atoms with E-state index in [0.29, 0.717) is 6.04 Å². The maximum Gasteiger partial charge on any atom is 0.151 e. The van der Waals surface area contributed by atoms with Crippen LogP contribution in [-0.2, 0) is 6.42 Å². The molecule has 1 aromatic rings. The van der Waals surface area contributed by atoms with Gasteiger partial charge >= 0.3 is 0 Å². The molecule has 0 spiro atoms. The van der Waals surface area contributed by atoms with E-state index in [1.165, 1.54) is 24.1 Å². The van der Waals surface area contributed by atoms with E-state index in [-0.39, 0.29) is 0 Å². The molecule has 0 bridgehead atoms. The molecule has 1 aliphatic carbocycles. The van der Waals surface area contributed by atoms with E-state index in [4.69, 9.17) is 0 Å². The summed E-state index contributed by atoms with van der Waals surface area (Å²) >= 11 is 0. The molecule has 2 rings (SSSR count). The van der Waals surface area contributed by atoms with Crippen LogP contribution in [-0.4, -0.2) is 16.2 Å². The van der Waals surface area contributed by atoms with Crippen molar-refractivity contribution in [2.24, 2.45) is 0 Å². The molecule has 0 aromatic carbocycles. The Bertz CT molecular complexity index is 273. The lowest BCUT2D eigenvalue weighted by molar-refractivity contribution is 1.02. The van der Waals surface area contributed by atoms with Crippen molar-refractivity contribution in [1.82, 2.24) is 10.2 Å². The topological polar surface area (TPSA) is 40.7 Å². The molecule has 0 unspecified atom stereocenters. The number of rotatable bonds is 3. The van der Waals surface area contributed by atoms with E-state index in [1.54, 1.807) is 0 Å². The van der Waals surface area contributed by atoms with Crippen LogP contribution in [0.15, 0.2) is 0 Å². The normalized spacial score (nSPS) is 16.5. The van der Waals surface area contributed by atoms with Crippen LogP contribution in [0.25, 0.3) is 0 Å².